The van der Waals surface area contributed by atoms with Crippen molar-refractivity contribution in [1.82, 2.24) is 0 Å². The minimum atomic E-state index is -1.70. The van der Waals surface area contributed by atoms with E-state index in [0.29, 0.717) is 6.54 Å². The summed E-state index contributed by atoms with van der Waals surface area (Å²) in [5.74, 6) is 0. The molecular formula is C15H26NO4Si. The molecule has 119 valence electrons. The molecule has 0 aliphatic rings. The minimum Gasteiger partial charge on any atom is -0.363 e. The van der Waals surface area contributed by atoms with Crippen LogP contribution in [-0.2, 0) is 24.7 Å². The van der Waals surface area contributed by atoms with Gasteiger partial charge in [0.1, 0.15) is 12.6 Å². The molecule has 0 saturated heterocycles. The van der Waals surface area contributed by atoms with Gasteiger partial charge < -0.3 is 24.1 Å². The number of benzene rings is 1. The molecule has 0 heterocycles. The molecule has 0 bridgehead atoms. The topological polar surface area (TPSA) is 62.9 Å². The standard InChI is InChI=1S/C15H26NO4Si/c1-12(17-3)19-21(20-13(2)18-4)15-10-6-5-8-14(15)9-7-11-16/h5-6,8,10,12-13H,7,9,11,16H2,1-4H3. The molecule has 0 amide bonds. The Kier molecular flexibility index (Phi) is 8.75. The first-order chi connectivity index (χ1) is 10.1. The van der Waals surface area contributed by atoms with Crippen molar-refractivity contribution in [3.63, 3.8) is 0 Å². The molecule has 0 aliphatic carbocycles. The van der Waals surface area contributed by atoms with Crippen molar-refractivity contribution in [2.75, 3.05) is 20.8 Å². The lowest BCUT2D eigenvalue weighted by molar-refractivity contribution is -0.0896. The van der Waals surface area contributed by atoms with Crippen LogP contribution in [0.1, 0.15) is 25.8 Å². The van der Waals surface area contributed by atoms with Crippen LogP contribution in [0.4, 0.5) is 0 Å². The van der Waals surface area contributed by atoms with E-state index in [9.17, 15) is 0 Å². The monoisotopic (exact) mass is 312 g/mol. The average Bonchev–Trinajstić information content (AvgIpc) is 2.52. The average molecular weight is 312 g/mol. The second kappa shape index (κ2) is 10.0. The molecule has 0 aromatic heterocycles. The molecule has 1 radical (unpaired) electrons. The van der Waals surface area contributed by atoms with Gasteiger partial charge in [-0.05, 0) is 44.0 Å². The van der Waals surface area contributed by atoms with E-state index in [1.54, 1.807) is 14.2 Å². The Balaban J connectivity index is 2.94. The Morgan fingerprint density at radius 2 is 1.62 bits per heavy atom. The summed E-state index contributed by atoms with van der Waals surface area (Å²) < 4.78 is 22.3. The van der Waals surface area contributed by atoms with Gasteiger partial charge in [-0.25, -0.2) is 0 Å². The smallest absolute Gasteiger partial charge is 0.363 e. The second-order valence-electron chi connectivity index (χ2n) is 4.68. The van der Waals surface area contributed by atoms with Gasteiger partial charge in [-0.3, -0.25) is 0 Å². The molecular weight excluding hydrogens is 286 g/mol. The fourth-order valence-corrected chi connectivity index (χ4v) is 3.59. The van der Waals surface area contributed by atoms with E-state index in [-0.39, 0.29) is 12.6 Å². The van der Waals surface area contributed by atoms with Crippen molar-refractivity contribution >= 4 is 14.5 Å². The largest absolute Gasteiger partial charge is 0.427 e. The van der Waals surface area contributed by atoms with Crippen molar-refractivity contribution in [2.24, 2.45) is 5.73 Å². The molecule has 0 spiro atoms. The zero-order chi connectivity index (χ0) is 15.7. The van der Waals surface area contributed by atoms with Crippen molar-refractivity contribution in [3.8, 4) is 0 Å². The summed E-state index contributed by atoms with van der Waals surface area (Å²) in [6.45, 7) is 4.38. The van der Waals surface area contributed by atoms with Gasteiger partial charge in [0.15, 0.2) is 0 Å². The highest BCUT2D eigenvalue weighted by Crippen LogP contribution is 2.08. The van der Waals surface area contributed by atoms with E-state index in [1.165, 1.54) is 5.56 Å². The summed E-state index contributed by atoms with van der Waals surface area (Å²) >= 11 is 0. The molecule has 2 N–H and O–H groups in total. The third-order valence-corrected chi connectivity index (χ3v) is 5.12. The number of aryl methyl sites for hydroxylation is 1. The van der Waals surface area contributed by atoms with Gasteiger partial charge >= 0.3 is 9.28 Å². The van der Waals surface area contributed by atoms with Gasteiger partial charge in [-0.15, -0.1) is 0 Å². The maximum atomic E-state index is 5.92. The zero-order valence-corrected chi connectivity index (χ0v) is 14.3. The molecule has 1 rings (SSSR count). The highest BCUT2D eigenvalue weighted by molar-refractivity contribution is 6.61. The third-order valence-electron chi connectivity index (χ3n) is 3.10. The van der Waals surface area contributed by atoms with Crippen LogP contribution in [-0.4, -0.2) is 42.6 Å². The molecule has 6 heteroatoms. The normalized spacial score (nSPS) is 14.4. The molecule has 1 aromatic rings. The van der Waals surface area contributed by atoms with Gasteiger partial charge in [0.25, 0.3) is 0 Å². The van der Waals surface area contributed by atoms with Gasteiger partial charge in [-0.2, -0.15) is 0 Å². The molecule has 0 saturated carbocycles. The summed E-state index contributed by atoms with van der Waals surface area (Å²) in [7, 11) is 1.54. The molecule has 2 atom stereocenters. The van der Waals surface area contributed by atoms with Gasteiger partial charge in [0.2, 0.25) is 0 Å². The molecule has 0 aliphatic heterocycles. The lowest BCUT2D eigenvalue weighted by atomic mass is 10.1. The summed E-state index contributed by atoms with van der Waals surface area (Å²) in [5.41, 5.74) is 6.82. The maximum Gasteiger partial charge on any atom is 0.427 e. The van der Waals surface area contributed by atoms with E-state index in [2.05, 4.69) is 6.07 Å². The van der Waals surface area contributed by atoms with E-state index < -0.39 is 9.28 Å². The summed E-state index contributed by atoms with van der Waals surface area (Å²) in [6, 6.07) is 8.16. The first-order valence-electron chi connectivity index (χ1n) is 7.16. The summed E-state index contributed by atoms with van der Waals surface area (Å²) in [6.07, 6.45) is 1.19. The van der Waals surface area contributed by atoms with Crippen molar-refractivity contribution < 1.29 is 18.3 Å². The number of hydrogen-bond acceptors (Lipinski definition) is 5. The summed E-state index contributed by atoms with van der Waals surface area (Å²) in [4.78, 5) is 0. The molecule has 5 nitrogen and oxygen atoms in total. The van der Waals surface area contributed by atoms with Crippen LogP contribution < -0.4 is 10.9 Å². The second-order valence-corrected chi connectivity index (χ2v) is 6.26. The van der Waals surface area contributed by atoms with Gasteiger partial charge in [0, 0.05) is 14.2 Å². The van der Waals surface area contributed by atoms with Gasteiger partial charge in [-0.1, -0.05) is 24.3 Å². The van der Waals surface area contributed by atoms with Crippen LogP contribution in [0, 0.1) is 0 Å². The summed E-state index contributed by atoms with van der Waals surface area (Å²) in [5, 5.41) is 1.09. The quantitative estimate of drug-likeness (QED) is 0.521. The van der Waals surface area contributed by atoms with Crippen molar-refractivity contribution in [3.05, 3.63) is 29.8 Å². The zero-order valence-electron chi connectivity index (χ0n) is 13.3. The maximum absolute atomic E-state index is 5.92. The molecule has 21 heavy (non-hydrogen) atoms. The molecule has 1 aromatic carbocycles. The highest BCUT2D eigenvalue weighted by Gasteiger charge is 2.26. The number of rotatable bonds is 10. The van der Waals surface area contributed by atoms with Crippen LogP contribution in [0.5, 0.6) is 0 Å². The number of ether oxygens (including phenoxy) is 2. The van der Waals surface area contributed by atoms with Crippen molar-refractivity contribution in [1.29, 1.82) is 0 Å². The van der Waals surface area contributed by atoms with Crippen LogP contribution in [0.25, 0.3) is 0 Å². The van der Waals surface area contributed by atoms with Crippen LogP contribution >= 0.6 is 0 Å². The van der Waals surface area contributed by atoms with Crippen molar-refractivity contribution in [2.45, 2.75) is 39.3 Å². The van der Waals surface area contributed by atoms with Crippen LogP contribution in [0.2, 0.25) is 0 Å². The SMILES string of the molecule is COC(C)O[Si](OC(C)OC)c1ccccc1CCCN. The number of methoxy groups -OCH3 is 2. The number of nitrogens with two attached hydrogens (primary N) is 1. The fraction of sp³-hybridized carbons (Fsp3) is 0.600. The Hall–Kier alpha value is -0.763. The Bertz CT molecular complexity index is 393. The molecule has 2 unspecified atom stereocenters. The van der Waals surface area contributed by atoms with E-state index >= 15 is 0 Å². The lowest BCUT2D eigenvalue weighted by Gasteiger charge is -2.24. The Morgan fingerprint density at radius 3 is 2.14 bits per heavy atom. The Morgan fingerprint density at radius 1 is 1.05 bits per heavy atom. The predicted molar refractivity (Wildman–Crippen MR) is 84.3 cm³/mol. The van der Waals surface area contributed by atoms with E-state index in [1.807, 2.05) is 32.0 Å². The third kappa shape index (κ3) is 6.25. The van der Waals surface area contributed by atoms with Gasteiger partial charge in [0.05, 0.1) is 0 Å². The van der Waals surface area contributed by atoms with E-state index in [4.69, 9.17) is 24.1 Å². The number of hydrogen-bond donors (Lipinski definition) is 1. The minimum absolute atomic E-state index is 0.328. The lowest BCUT2D eigenvalue weighted by Crippen LogP contribution is -2.44. The predicted octanol–water partition coefficient (Wildman–Crippen LogP) is 1.29. The molecule has 0 fully saturated rings. The first-order valence-corrected chi connectivity index (χ1v) is 8.48. The Labute approximate surface area is 129 Å². The fourth-order valence-electron chi connectivity index (χ4n) is 1.78. The highest BCUT2D eigenvalue weighted by atomic mass is 28.3. The van der Waals surface area contributed by atoms with Crippen LogP contribution in [0.3, 0.4) is 0 Å². The van der Waals surface area contributed by atoms with E-state index in [0.717, 1.165) is 18.0 Å². The first kappa shape index (κ1) is 18.3. The van der Waals surface area contributed by atoms with Crippen LogP contribution in [0.15, 0.2) is 24.3 Å².